The lowest BCUT2D eigenvalue weighted by Crippen LogP contribution is -2.70. The molecule has 0 heterocycles. The molecule has 26 heteroatoms. The van der Waals surface area contributed by atoms with Gasteiger partial charge < -0.3 is 10.6 Å². The van der Waals surface area contributed by atoms with Crippen molar-refractivity contribution in [3.05, 3.63) is 0 Å². The van der Waals surface area contributed by atoms with E-state index in [1.807, 2.05) is 0 Å². The zero-order valence-electron chi connectivity index (χ0n) is 18.4. The molecule has 41 heavy (non-hydrogen) atoms. The molecular weight excluding hydrogens is 691 g/mol. The van der Waals surface area contributed by atoms with Crippen LogP contribution in [0.2, 0.25) is 0 Å². The number of hydrogen-bond donors (Lipinski definition) is 2. The van der Waals surface area contributed by atoms with Crippen LogP contribution < -0.4 is 10.6 Å². The Hall–Kier alpha value is -1.88. The Balaban J connectivity index is 5.89. The van der Waals surface area contributed by atoms with Gasteiger partial charge in [-0.15, -0.1) is 0 Å². The number of alkyl halides is 22. The highest BCUT2D eigenvalue weighted by molar-refractivity contribution is 6.22. The predicted molar refractivity (Wildman–Crippen MR) is 91.8 cm³/mol. The fraction of sp³-hybridized carbons (Fsp3) is 0.867. The quantitative estimate of drug-likeness (QED) is 0.174. The summed E-state index contributed by atoms with van der Waals surface area (Å²) in [6, 6.07) is -2.67. The number of hydrogen-bond acceptors (Lipinski definition) is 2. The lowest BCUT2D eigenvalue weighted by Gasteiger charge is -2.37. The van der Waals surface area contributed by atoms with Crippen molar-refractivity contribution in [2.75, 3.05) is 6.54 Å². The third-order valence-electron chi connectivity index (χ3n) is 4.59. The molecule has 0 aliphatic carbocycles. The van der Waals surface area contributed by atoms with E-state index in [0.717, 1.165) is 0 Å². The molecule has 244 valence electrons. The minimum Gasteiger partial charge on any atom is -0.349 e. The molecule has 0 aromatic heterocycles. The van der Waals surface area contributed by atoms with Crippen LogP contribution in [0.15, 0.2) is 0 Å². The summed E-state index contributed by atoms with van der Waals surface area (Å²) in [6.45, 7) is -1.98. The van der Waals surface area contributed by atoms with Crippen LogP contribution >= 0.6 is 23.2 Å². The number of nitrogens with one attached hydrogen (secondary N) is 2. The zero-order chi connectivity index (χ0) is 33.9. The molecule has 1 unspecified atom stereocenters. The second-order valence-corrected chi connectivity index (χ2v) is 8.62. The van der Waals surface area contributed by atoms with E-state index in [2.05, 4.69) is 23.2 Å². The van der Waals surface area contributed by atoms with Crippen LogP contribution in [0.4, 0.5) is 87.8 Å². The van der Waals surface area contributed by atoms with Gasteiger partial charge in [0.15, 0.2) is 0 Å². The van der Waals surface area contributed by atoms with E-state index in [1.165, 1.54) is 0 Å². The summed E-state index contributed by atoms with van der Waals surface area (Å²) in [5.74, 6) is -68.0. The van der Waals surface area contributed by atoms with E-state index in [9.17, 15) is 97.4 Å². The topological polar surface area (TPSA) is 58.2 Å². The number of carbonyl (C=O) groups is 2. The van der Waals surface area contributed by atoms with Crippen molar-refractivity contribution in [3.63, 3.8) is 0 Å². The third kappa shape index (κ3) is 5.99. The fourth-order valence-corrected chi connectivity index (χ4v) is 2.39. The summed E-state index contributed by atoms with van der Waals surface area (Å²) in [4.78, 5) is 22.5. The van der Waals surface area contributed by atoms with Gasteiger partial charge in [-0.3, -0.25) is 9.59 Å². The summed E-state index contributed by atoms with van der Waals surface area (Å²) in [5, 5.41) is -12.5. The van der Waals surface area contributed by atoms with Gasteiger partial charge in [-0.2, -0.15) is 87.8 Å². The van der Waals surface area contributed by atoms with Gasteiger partial charge in [0.2, 0.25) is 0 Å². The van der Waals surface area contributed by atoms with Crippen molar-refractivity contribution in [1.29, 1.82) is 0 Å². The van der Waals surface area contributed by atoms with Crippen LogP contribution in [-0.4, -0.2) is 82.5 Å². The third-order valence-corrected chi connectivity index (χ3v) is 5.07. The molecule has 2 N–H and O–H groups in total. The van der Waals surface area contributed by atoms with Gasteiger partial charge in [0.25, 0.3) is 11.8 Å². The van der Waals surface area contributed by atoms with Gasteiger partial charge in [0.1, 0.15) is 0 Å². The molecule has 4 nitrogen and oxygen atoms in total. The highest BCUT2D eigenvalue weighted by Crippen LogP contribution is 2.59. The molecule has 0 saturated heterocycles. The zero-order valence-corrected chi connectivity index (χ0v) is 19.9. The predicted octanol–water partition coefficient (Wildman–Crippen LogP) is 6.35. The Kier molecular flexibility index (Phi) is 10.2. The average molecular weight is 699 g/mol. The maximum atomic E-state index is 13.7. The van der Waals surface area contributed by atoms with Crippen molar-refractivity contribution in [1.82, 2.24) is 10.6 Å². The van der Waals surface area contributed by atoms with Crippen molar-refractivity contribution < 1.29 is 97.4 Å². The van der Waals surface area contributed by atoms with Gasteiger partial charge in [0.05, 0.1) is 0 Å². The van der Waals surface area contributed by atoms with E-state index in [-0.39, 0.29) is 6.92 Å². The minimum atomic E-state index is -7.83. The number of halogens is 22. The van der Waals surface area contributed by atoms with Gasteiger partial charge in [-0.1, -0.05) is 0 Å². The number of rotatable bonds is 13. The molecule has 0 bridgehead atoms. The van der Waals surface area contributed by atoms with Crippen LogP contribution in [0.1, 0.15) is 6.92 Å². The molecule has 0 radical (unpaired) electrons. The van der Waals surface area contributed by atoms with E-state index in [4.69, 9.17) is 0 Å². The summed E-state index contributed by atoms with van der Waals surface area (Å²) in [7, 11) is 0. The Morgan fingerprint density at radius 2 is 0.780 bits per heavy atom. The van der Waals surface area contributed by atoms with E-state index >= 15 is 0 Å². The molecule has 0 aliphatic heterocycles. The first-order valence-electron chi connectivity index (χ1n) is 9.19. The minimum absolute atomic E-state index is 0.110. The van der Waals surface area contributed by atoms with Crippen molar-refractivity contribution in [2.24, 2.45) is 0 Å². The summed E-state index contributed by atoms with van der Waals surface area (Å²) in [5.41, 5.74) is 0. The van der Waals surface area contributed by atoms with Crippen molar-refractivity contribution in [2.45, 2.75) is 71.1 Å². The molecule has 0 aromatic carbocycles. The summed E-state index contributed by atoms with van der Waals surface area (Å²) < 4.78 is 263. The summed E-state index contributed by atoms with van der Waals surface area (Å²) >= 11 is 7.03. The van der Waals surface area contributed by atoms with Gasteiger partial charge >= 0.3 is 58.1 Å². The average Bonchev–Trinajstić information content (AvgIpc) is 2.74. The largest absolute Gasteiger partial charge is 0.393 e. The Labute approximate surface area is 221 Å². The lowest BCUT2D eigenvalue weighted by atomic mass is 9.97. The number of carbonyl (C=O) groups excluding carboxylic acids is 2. The smallest absolute Gasteiger partial charge is 0.349 e. The molecule has 0 saturated carbocycles. The summed E-state index contributed by atoms with van der Waals surface area (Å²) in [6.07, 6.45) is 0. The second kappa shape index (κ2) is 10.7. The van der Waals surface area contributed by atoms with Gasteiger partial charge in [-0.25, -0.2) is 0 Å². The maximum absolute atomic E-state index is 13.7. The lowest BCUT2D eigenvalue weighted by molar-refractivity contribution is -0.382. The highest BCUT2D eigenvalue weighted by atomic mass is 35.5. The molecule has 2 amide bonds. The van der Waals surface area contributed by atoms with Crippen LogP contribution in [0.25, 0.3) is 0 Å². The molecule has 0 fully saturated rings. The van der Waals surface area contributed by atoms with Crippen molar-refractivity contribution >= 4 is 35.0 Å². The Morgan fingerprint density at radius 1 is 0.512 bits per heavy atom. The van der Waals surface area contributed by atoms with Crippen LogP contribution in [0.5, 0.6) is 0 Å². The van der Waals surface area contributed by atoms with E-state index < -0.39 is 82.5 Å². The van der Waals surface area contributed by atoms with E-state index in [1.54, 1.807) is 0 Å². The Bertz CT molecular complexity index is 990. The first-order chi connectivity index (χ1) is 17.4. The monoisotopic (exact) mass is 698 g/mol. The SMILES string of the molecule is CC(CNC(=O)C(F)(F)C(F)(F)C(F)(F)C(F)(F)C(F)(F)Cl)NC(=O)C(F)(F)C(F)(F)C(F)(F)C(F)(F)C(F)(F)Cl. The standard InChI is InChI=1S/C15H8Cl2F20N2O2/c1-3(39-5(41)7(20,21)9(24,25)11(28,29)13(32,33)15(17,36)37)2-38-4(40)6(18,19)8(22,23)10(26,27)12(30,31)14(16,34)35/h3H,2H2,1H3,(H,38,40)(H,39,41). The molecular formula is C15H8Cl2F20N2O2. The van der Waals surface area contributed by atoms with Crippen LogP contribution in [-0.2, 0) is 9.59 Å². The first-order valence-corrected chi connectivity index (χ1v) is 9.95. The molecule has 0 rings (SSSR count). The van der Waals surface area contributed by atoms with Crippen LogP contribution in [0, 0.1) is 0 Å². The fourth-order valence-electron chi connectivity index (χ4n) is 2.15. The highest BCUT2D eigenvalue weighted by Gasteiger charge is 2.89. The van der Waals surface area contributed by atoms with Crippen LogP contribution in [0.3, 0.4) is 0 Å². The normalized spacial score (nSPS) is 16.4. The molecule has 1 atom stereocenters. The Morgan fingerprint density at radius 3 is 1.05 bits per heavy atom. The molecule has 0 aliphatic rings. The van der Waals surface area contributed by atoms with E-state index in [0.29, 0.717) is 10.6 Å². The molecule has 0 spiro atoms. The first kappa shape index (κ1) is 39.1. The van der Waals surface area contributed by atoms with Gasteiger partial charge in [-0.05, 0) is 30.1 Å². The second-order valence-electron chi connectivity index (χ2n) is 7.68. The maximum Gasteiger partial charge on any atom is 0.393 e. The van der Waals surface area contributed by atoms with Crippen molar-refractivity contribution in [3.8, 4) is 0 Å². The number of amides is 2. The molecule has 0 aromatic rings. The van der Waals surface area contributed by atoms with Gasteiger partial charge in [0, 0.05) is 12.6 Å².